The minimum Gasteiger partial charge on any atom is -0.366 e. The Kier molecular flexibility index (Phi) is 8.61. The van der Waals surface area contributed by atoms with Gasteiger partial charge in [-0.1, -0.05) is 31.5 Å². The van der Waals surface area contributed by atoms with Crippen LogP contribution in [-0.2, 0) is 26.6 Å². The number of unbranched alkanes of at least 4 members (excludes halogenated alkanes) is 1. The number of carbonyl (C=O) groups excluding carboxylic acids is 1. The fourth-order valence-corrected chi connectivity index (χ4v) is 7.37. The van der Waals surface area contributed by atoms with Crippen molar-refractivity contribution < 1.29 is 21.6 Å². The summed E-state index contributed by atoms with van der Waals surface area (Å²) in [4.78, 5) is 15.6. The predicted molar refractivity (Wildman–Crippen MR) is 151 cm³/mol. The number of aromatic amines is 1. The van der Waals surface area contributed by atoms with Crippen molar-refractivity contribution in [2.24, 2.45) is 5.73 Å². The lowest BCUT2D eigenvalue weighted by atomic mass is 9.88. The van der Waals surface area contributed by atoms with E-state index < -0.39 is 26.0 Å². The quantitative estimate of drug-likeness (QED) is 0.328. The minimum absolute atomic E-state index is 0.0926. The van der Waals surface area contributed by atoms with Crippen molar-refractivity contribution in [3.05, 3.63) is 59.3 Å². The number of fused-ring (bicyclic) bond motifs is 1. The first-order valence-corrected chi connectivity index (χ1v) is 16.3. The van der Waals surface area contributed by atoms with Crippen LogP contribution in [-0.4, -0.2) is 56.6 Å². The molecule has 0 spiro atoms. The van der Waals surface area contributed by atoms with Gasteiger partial charge in [0, 0.05) is 31.2 Å². The molecule has 1 aromatic heterocycles. The zero-order chi connectivity index (χ0) is 27.5. The largest absolute Gasteiger partial charge is 0.366 e. The van der Waals surface area contributed by atoms with Crippen molar-refractivity contribution in [1.82, 2.24) is 14.0 Å². The summed E-state index contributed by atoms with van der Waals surface area (Å²) in [5.41, 5.74) is 10.3. The molecule has 2 heterocycles. The van der Waals surface area contributed by atoms with Crippen LogP contribution in [0.2, 0.25) is 0 Å². The molecule has 1 amide bonds. The number of nitrogens with zero attached hydrogens (tertiary/aromatic N) is 1. The maximum atomic E-state index is 12.4. The molecule has 206 valence electrons. The number of rotatable bonds is 11. The van der Waals surface area contributed by atoms with Gasteiger partial charge in [-0.15, -0.1) is 0 Å². The Balaban J connectivity index is 1.64. The summed E-state index contributed by atoms with van der Waals surface area (Å²) >= 11 is 0. The highest BCUT2D eigenvalue weighted by atomic mass is 32.2. The number of hydrogen-bond acceptors (Lipinski definition) is 5. The molecule has 1 fully saturated rings. The van der Waals surface area contributed by atoms with Crippen LogP contribution in [0.3, 0.4) is 0 Å². The van der Waals surface area contributed by atoms with Gasteiger partial charge in [-0.3, -0.25) is 4.79 Å². The summed E-state index contributed by atoms with van der Waals surface area (Å²) in [5.74, 6) is -0.211. The van der Waals surface area contributed by atoms with Gasteiger partial charge in [-0.25, -0.2) is 25.9 Å². The number of primary amides is 1. The number of H-pyrrole nitrogens is 1. The van der Waals surface area contributed by atoms with Crippen molar-refractivity contribution in [3.63, 3.8) is 0 Å². The summed E-state index contributed by atoms with van der Waals surface area (Å²) in [5, 5.41) is 0.888. The van der Waals surface area contributed by atoms with Crippen molar-refractivity contribution in [2.75, 3.05) is 24.6 Å². The Bertz CT molecular complexity index is 1520. The number of nitrogens with one attached hydrogen (secondary N) is 2. The van der Waals surface area contributed by atoms with Gasteiger partial charge in [0.1, 0.15) is 0 Å². The molecule has 4 rings (SSSR count). The molecule has 0 radical (unpaired) electrons. The van der Waals surface area contributed by atoms with E-state index in [0.29, 0.717) is 43.4 Å². The lowest BCUT2D eigenvalue weighted by molar-refractivity contribution is 0.100. The van der Waals surface area contributed by atoms with E-state index in [1.807, 2.05) is 43.5 Å². The van der Waals surface area contributed by atoms with Crippen LogP contribution in [0.4, 0.5) is 0 Å². The van der Waals surface area contributed by atoms with Gasteiger partial charge >= 0.3 is 0 Å². The summed E-state index contributed by atoms with van der Waals surface area (Å²) in [6.45, 7) is 4.72. The predicted octanol–water partition coefficient (Wildman–Crippen LogP) is 3.68. The number of sulfonamides is 2. The fourth-order valence-electron chi connectivity index (χ4n) is 5.04. The number of amides is 1. The Hall–Kier alpha value is -2.73. The van der Waals surface area contributed by atoms with Gasteiger partial charge in [0.2, 0.25) is 20.0 Å². The Morgan fingerprint density at radius 1 is 1.08 bits per heavy atom. The molecule has 2 aromatic carbocycles. The lowest BCUT2D eigenvalue weighted by Gasteiger charge is -2.31. The van der Waals surface area contributed by atoms with Gasteiger partial charge in [-0.05, 0) is 72.6 Å². The van der Waals surface area contributed by atoms with E-state index in [0.717, 1.165) is 34.1 Å². The van der Waals surface area contributed by atoms with Gasteiger partial charge in [0.05, 0.1) is 22.6 Å². The molecular weight excluding hydrogens is 524 g/mol. The van der Waals surface area contributed by atoms with Crippen LogP contribution < -0.4 is 10.5 Å². The molecule has 0 unspecified atom stereocenters. The van der Waals surface area contributed by atoms with Crippen molar-refractivity contribution >= 4 is 36.9 Å². The summed E-state index contributed by atoms with van der Waals surface area (Å²) in [6, 6.07) is 11.3. The molecule has 11 heteroatoms. The van der Waals surface area contributed by atoms with Crippen LogP contribution in [0.15, 0.2) is 42.6 Å². The van der Waals surface area contributed by atoms with Gasteiger partial charge < -0.3 is 10.7 Å². The van der Waals surface area contributed by atoms with Gasteiger partial charge in [-0.2, -0.15) is 0 Å². The molecule has 38 heavy (non-hydrogen) atoms. The molecule has 9 nitrogen and oxygen atoms in total. The molecule has 3 aromatic rings. The van der Waals surface area contributed by atoms with E-state index in [9.17, 15) is 21.6 Å². The van der Waals surface area contributed by atoms with Crippen molar-refractivity contribution in [1.29, 1.82) is 0 Å². The van der Waals surface area contributed by atoms with Gasteiger partial charge in [0.15, 0.2) is 0 Å². The maximum absolute atomic E-state index is 12.4. The average molecular weight is 561 g/mol. The molecule has 0 saturated carbocycles. The molecule has 0 atom stereocenters. The first-order chi connectivity index (χ1) is 18.0. The average Bonchev–Trinajstić information content (AvgIpc) is 3.34. The molecule has 0 aliphatic carbocycles. The van der Waals surface area contributed by atoms with Crippen molar-refractivity contribution in [3.8, 4) is 11.1 Å². The van der Waals surface area contributed by atoms with Crippen molar-refractivity contribution in [2.45, 2.75) is 52.0 Å². The van der Waals surface area contributed by atoms with Crippen LogP contribution in [0.5, 0.6) is 0 Å². The number of piperidine rings is 1. The molecular formula is C27H36N4O5S2. The summed E-state index contributed by atoms with van der Waals surface area (Å²) in [6.07, 6.45) is 4.69. The third-order valence-corrected chi connectivity index (χ3v) is 10.6. The zero-order valence-electron chi connectivity index (χ0n) is 21.9. The normalized spacial score (nSPS) is 15.7. The second kappa shape index (κ2) is 11.6. The standard InChI is InChI=1S/C27H36N4O5S2/c1-3-5-13-37(33,34)30-17-19-7-6-8-21(14-19)22-15-23-25(18-29-26(23)24(16-22)27(28)32)20-9-11-31(12-10-20)38(35,36)4-2/h6-8,14-16,18,20,29-30H,3-5,9-13,17H2,1-2H3,(H2,28,32). The maximum Gasteiger partial charge on any atom is 0.250 e. The van der Waals surface area contributed by atoms with E-state index in [4.69, 9.17) is 5.73 Å². The highest BCUT2D eigenvalue weighted by Gasteiger charge is 2.29. The van der Waals surface area contributed by atoms with Gasteiger partial charge in [0.25, 0.3) is 5.91 Å². The molecule has 1 saturated heterocycles. The van der Waals surface area contributed by atoms with Crippen LogP contribution in [0.1, 0.15) is 66.9 Å². The monoisotopic (exact) mass is 560 g/mol. The third-order valence-electron chi connectivity index (χ3n) is 7.26. The first kappa shape index (κ1) is 28.3. The van der Waals surface area contributed by atoms with Crippen LogP contribution >= 0.6 is 0 Å². The van der Waals surface area contributed by atoms with Crippen LogP contribution in [0, 0.1) is 0 Å². The third kappa shape index (κ3) is 6.28. The number of nitrogens with two attached hydrogens (primary N) is 1. The zero-order valence-corrected chi connectivity index (χ0v) is 23.5. The Morgan fingerprint density at radius 2 is 1.82 bits per heavy atom. The molecule has 0 bridgehead atoms. The lowest BCUT2D eigenvalue weighted by Crippen LogP contribution is -2.38. The highest BCUT2D eigenvalue weighted by Crippen LogP contribution is 2.37. The Labute approximate surface area is 224 Å². The highest BCUT2D eigenvalue weighted by molar-refractivity contribution is 7.89. The van der Waals surface area contributed by atoms with E-state index in [-0.39, 0.29) is 24.0 Å². The first-order valence-electron chi connectivity index (χ1n) is 13.0. The second-order valence-corrected chi connectivity index (χ2v) is 14.0. The SMILES string of the molecule is CCCCS(=O)(=O)NCc1cccc(-c2cc(C(N)=O)c3[nH]cc(C4CCN(S(=O)(=O)CC)CC4)c3c2)c1. The molecule has 4 N–H and O–H groups in total. The van der Waals surface area contributed by atoms with Crippen LogP contribution in [0.25, 0.3) is 22.0 Å². The minimum atomic E-state index is -3.35. The number of aromatic nitrogens is 1. The van der Waals surface area contributed by atoms with E-state index in [2.05, 4.69) is 9.71 Å². The topological polar surface area (TPSA) is 142 Å². The van der Waals surface area contributed by atoms with E-state index in [1.54, 1.807) is 17.3 Å². The number of carbonyl (C=O) groups is 1. The molecule has 1 aliphatic heterocycles. The Morgan fingerprint density at radius 3 is 2.47 bits per heavy atom. The van der Waals surface area contributed by atoms with E-state index in [1.165, 1.54) is 0 Å². The molecule has 1 aliphatic rings. The smallest absolute Gasteiger partial charge is 0.250 e. The second-order valence-electron chi connectivity index (χ2n) is 9.82. The summed E-state index contributed by atoms with van der Waals surface area (Å²) in [7, 11) is -6.57. The number of benzene rings is 2. The summed E-state index contributed by atoms with van der Waals surface area (Å²) < 4.78 is 53.3. The fraction of sp³-hybridized carbons (Fsp3) is 0.444. The number of hydrogen-bond donors (Lipinski definition) is 3. The van der Waals surface area contributed by atoms with E-state index >= 15 is 0 Å².